The lowest BCUT2D eigenvalue weighted by atomic mass is 9.87. The van der Waals surface area contributed by atoms with E-state index in [4.69, 9.17) is 0 Å². The van der Waals surface area contributed by atoms with Crippen LogP contribution in [0.2, 0.25) is 0 Å². The van der Waals surface area contributed by atoms with Crippen LogP contribution in [-0.2, 0) is 0 Å². The quantitative estimate of drug-likeness (QED) is 0.662. The zero-order valence-corrected chi connectivity index (χ0v) is 17.7. The van der Waals surface area contributed by atoms with Crippen molar-refractivity contribution in [2.75, 3.05) is 13.1 Å². The van der Waals surface area contributed by atoms with Gasteiger partial charge < -0.3 is 10.0 Å². The Bertz CT molecular complexity index is 991. The second-order valence-electron chi connectivity index (χ2n) is 7.84. The average Bonchev–Trinajstić information content (AvgIpc) is 3.23. The largest absolute Gasteiger partial charge is 0.388 e. The Labute approximate surface area is 175 Å². The standard InChI is InChI=1S/C24H26N2O2S/c1-16-8-9-20(17(2)14-16)23-25-21(15-29-23)24(28)26-12-10-19(11-13-26)22(27)18-6-4-3-5-7-18/h3-9,14-15,19,22,27H,10-13H2,1-2H3. The van der Waals surface area contributed by atoms with Gasteiger partial charge in [-0.2, -0.15) is 0 Å². The lowest BCUT2D eigenvalue weighted by Gasteiger charge is -2.34. The molecule has 1 aliphatic rings. The van der Waals surface area contributed by atoms with Crippen molar-refractivity contribution in [3.63, 3.8) is 0 Å². The molecular formula is C24H26N2O2S. The van der Waals surface area contributed by atoms with E-state index in [2.05, 4.69) is 37.0 Å². The molecule has 150 valence electrons. The van der Waals surface area contributed by atoms with Crippen molar-refractivity contribution in [1.82, 2.24) is 9.88 Å². The molecule has 1 fully saturated rings. The molecule has 1 aromatic heterocycles. The zero-order valence-electron chi connectivity index (χ0n) is 16.8. The van der Waals surface area contributed by atoms with Gasteiger partial charge in [-0.15, -0.1) is 11.3 Å². The van der Waals surface area contributed by atoms with Crippen LogP contribution in [0, 0.1) is 19.8 Å². The van der Waals surface area contributed by atoms with E-state index in [0.717, 1.165) is 29.0 Å². The van der Waals surface area contributed by atoms with Gasteiger partial charge in [0.2, 0.25) is 0 Å². The van der Waals surface area contributed by atoms with Crippen LogP contribution in [0.15, 0.2) is 53.9 Å². The molecule has 1 amide bonds. The number of hydrogen-bond acceptors (Lipinski definition) is 4. The fourth-order valence-corrected chi connectivity index (χ4v) is 4.94. The van der Waals surface area contributed by atoms with Crippen molar-refractivity contribution in [3.8, 4) is 10.6 Å². The first-order valence-electron chi connectivity index (χ1n) is 10.1. The van der Waals surface area contributed by atoms with Gasteiger partial charge in [0.25, 0.3) is 5.91 Å². The number of rotatable bonds is 4. The molecule has 2 heterocycles. The summed E-state index contributed by atoms with van der Waals surface area (Å²) >= 11 is 1.52. The van der Waals surface area contributed by atoms with E-state index >= 15 is 0 Å². The Kier molecular flexibility index (Phi) is 5.79. The Morgan fingerprint density at radius 3 is 2.55 bits per heavy atom. The van der Waals surface area contributed by atoms with E-state index in [1.165, 1.54) is 22.5 Å². The van der Waals surface area contributed by atoms with Crippen LogP contribution in [0.4, 0.5) is 0 Å². The molecule has 0 radical (unpaired) electrons. The number of carbonyl (C=O) groups is 1. The molecule has 2 aromatic carbocycles. The van der Waals surface area contributed by atoms with E-state index in [1.807, 2.05) is 40.6 Å². The first kappa shape index (κ1) is 19.8. The third kappa shape index (κ3) is 4.26. The summed E-state index contributed by atoms with van der Waals surface area (Å²) in [5.74, 6) is 0.174. The summed E-state index contributed by atoms with van der Waals surface area (Å²) in [4.78, 5) is 19.4. The van der Waals surface area contributed by atoms with Crippen LogP contribution >= 0.6 is 11.3 Å². The number of carbonyl (C=O) groups excluding carboxylic acids is 1. The van der Waals surface area contributed by atoms with Gasteiger partial charge in [0.1, 0.15) is 10.7 Å². The van der Waals surface area contributed by atoms with Gasteiger partial charge in [-0.25, -0.2) is 4.98 Å². The third-order valence-corrected chi connectivity index (χ3v) is 6.63. The number of benzene rings is 2. The molecule has 1 N–H and O–H groups in total. The zero-order chi connectivity index (χ0) is 20.4. The number of aliphatic hydroxyl groups is 1. The second kappa shape index (κ2) is 8.47. The van der Waals surface area contributed by atoms with Gasteiger partial charge in [0.15, 0.2) is 0 Å². The smallest absolute Gasteiger partial charge is 0.273 e. The predicted molar refractivity (Wildman–Crippen MR) is 117 cm³/mol. The van der Waals surface area contributed by atoms with E-state index in [1.54, 1.807) is 0 Å². The Hall–Kier alpha value is -2.50. The number of piperidine rings is 1. The summed E-state index contributed by atoms with van der Waals surface area (Å²) in [6.07, 6.45) is 1.13. The lowest BCUT2D eigenvalue weighted by Crippen LogP contribution is -2.39. The molecule has 0 bridgehead atoms. The van der Waals surface area contributed by atoms with Gasteiger partial charge in [0, 0.05) is 24.0 Å². The monoisotopic (exact) mass is 406 g/mol. The van der Waals surface area contributed by atoms with Crippen LogP contribution in [0.1, 0.15) is 46.1 Å². The fraction of sp³-hybridized carbons (Fsp3) is 0.333. The van der Waals surface area contributed by atoms with Crippen molar-refractivity contribution in [2.45, 2.75) is 32.8 Å². The Morgan fingerprint density at radius 2 is 1.86 bits per heavy atom. The minimum atomic E-state index is -0.469. The number of aromatic nitrogens is 1. The van der Waals surface area contributed by atoms with E-state index < -0.39 is 6.10 Å². The van der Waals surface area contributed by atoms with E-state index in [-0.39, 0.29) is 11.8 Å². The highest BCUT2D eigenvalue weighted by Crippen LogP contribution is 2.32. The molecule has 0 saturated carbocycles. The van der Waals surface area contributed by atoms with Gasteiger partial charge in [0.05, 0.1) is 6.10 Å². The summed E-state index contributed by atoms with van der Waals surface area (Å²) < 4.78 is 0. The van der Waals surface area contributed by atoms with Crippen LogP contribution < -0.4 is 0 Å². The van der Waals surface area contributed by atoms with Gasteiger partial charge >= 0.3 is 0 Å². The van der Waals surface area contributed by atoms with E-state index in [0.29, 0.717) is 18.8 Å². The first-order valence-corrected chi connectivity index (χ1v) is 11.0. The molecule has 1 aliphatic heterocycles. The SMILES string of the molecule is Cc1ccc(-c2nc(C(=O)N3CCC(C(O)c4ccccc4)CC3)cs2)c(C)c1. The number of thiazole rings is 1. The summed E-state index contributed by atoms with van der Waals surface area (Å²) in [5, 5.41) is 13.4. The number of hydrogen-bond donors (Lipinski definition) is 1. The normalized spacial score (nSPS) is 16.0. The lowest BCUT2D eigenvalue weighted by molar-refractivity contribution is 0.0459. The van der Waals surface area contributed by atoms with Gasteiger partial charge in [-0.05, 0) is 43.7 Å². The molecule has 1 atom stereocenters. The van der Waals surface area contributed by atoms with Crippen LogP contribution in [0.25, 0.3) is 10.6 Å². The maximum Gasteiger partial charge on any atom is 0.273 e. The summed E-state index contributed by atoms with van der Waals surface area (Å²) in [7, 11) is 0. The maximum atomic E-state index is 12.9. The summed E-state index contributed by atoms with van der Waals surface area (Å²) in [6.45, 7) is 5.47. The molecule has 29 heavy (non-hydrogen) atoms. The van der Waals surface area contributed by atoms with Crippen molar-refractivity contribution in [1.29, 1.82) is 0 Å². The van der Waals surface area contributed by atoms with Gasteiger partial charge in [-0.1, -0.05) is 54.1 Å². The number of aryl methyl sites for hydroxylation is 2. The predicted octanol–water partition coefficient (Wildman–Crippen LogP) is 5.01. The topological polar surface area (TPSA) is 53.4 Å². The maximum absolute atomic E-state index is 12.9. The highest BCUT2D eigenvalue weighted by Gasteiger charge is 2.29. The van der Waals surface area contributed by atoms with Gasteiger partial charge in [-0.3, -0.25) is 4.79 Å². The van der Waals surface area contributed by atoms with Crippen LogP contribution in [0.5, 0.6) is 0 Å². The summed E-state index contributed by atoms with van der Waals surface area (Å²) in [6, 6.07) is 16.1. The van der Waals surface area contributed by atoms with E-state index in [9.17, 15) is 9.90 Å². The molecule has 5 heteroatoms. The average molecular weight is 407 g/mol. The highest BCUT2D eigenvalue weighted by molar-refractivity contribution is 7.13. The number of amides is 1. The van der Waals surface area contributed by atoms with Crippen LogP contribution in [-0.4, -0.2) is 34.0 Å². The second-order valence-corrected chi connectivity index (χ2v) is 8.70. The minimum Gasteiger partial charge on any atom is -0.388 e. The van der Waals surface area contributed by atoms with Crippen molar-refractivity contribution < 1.29 is 9.90 Å². The third-order valence-electron chi connectivity index (χ3n) is 5.75. The molecule has 3 aromatic rings. The molecule has 4 rings (SSSR count). The van der Waals surface area contributed by atoms with Crippen molar-refractivity contribution in [2.24, 2.45) is 5.92 Å². The van der Waals surface area contributed by atoms with Crippen molar-refractivity contribution >= 4 is 17.2 Å². The highest BCUT2D eigenvalue weighted by atomic mass is 32.1. The fourth-order valence-electron chi connectivity index (χ4n) is 4.05. The molecule has 0 aliphatic carbocycles. The molecule has 0 spiro atoms. The Morgan fingerprint density at radius 1 is 1.14 bits per heavy atom. The first-order chi connectivity index (χ1) is 14.0. The number of aliphatic hydroxyl groups excluding tert-OH is 1. The number of likely N-dealkylation sites (tertiary alicyclic amines) is 1. The summed E-state index contributed by atoms with van der Waals surface area (Å²) in [5.41, 5.74) is 4.96. The molecular weight excluding hydrogens is 380 g/mol. The van der Waals surface area contributed by atoms with Crippen molar-refractivity contribution in [3.05, 3.63) is 76.3 Å². The Balaban J connectivity index is 1.41. The number of nitrogens with zero attached hydrogens (tertiary/aromatic N) is 2. The van der Waals surface area contributed by atoms with Crippen LogP contribution in [0.3, 0.4) is 0 Å². The molecule has 4 nitrogen and oxygen atoms in total. The minimum absolute atomic E-state index is 0.00934. The molecule has 1 unspecified atom stereocenters. The molecule has 1 saturated heterocycles.